The van der Waals surface area contributed by atoms with Crippen LogP contribution in [0.1, 0.15) is 17.2 Å². The average molecular weight is 424 g/mol. The highest BCUT2D eigenvalue weighted by Crippen LogP contribution is 2.30. The lowest BCUT2D eigenvalue weighted by Gasteiger charge is -2.37. The van der Waals surface area contributed by atoms with Crippen molar-refractivity contribution in [1.29, 1.82) is 5.26 Å². The number of rotatable bonds is 4. The van der Waals surface area contributed by atoms with E-state index in [9.17, 15) is 10.1 Å². The number of nitriles is 1. The van der Waals surface area contributed by atoms with Gasteiger partial charge in [-0.25, -0.2) is 0 Å². The first-order valence-corrected chi connectivity index (χ1v) is 10.2. The van der Waals surface area contributed by atoms with Crippen LogP contribution < -0.4 is 9.47 Å². The van der Waals surface area contributed by atoms with E-state index < -0.39 is 0 Å². The maximum Gasteiger partial charge on any atom is 0.253 e. The minimum Gasteiger partial charge on any atom is -0.497 e. The number of amides is 1. The van der Waals surface area contributed by atoms with Gasteiger partial charge in [-0.2, -0.15) is 5.26 Å². The van der Waals surface area contributed by atoms with Gasteiger partial charge in [-0.15, -0.1) is 0 Å². The monoisotopic (exact) mass is 423 g/mol. The van der Waals surface area contributed by atoms with Crippen LogP contribution in [-0.4, -0.2) is 55.6 Å². The predicted molar refractivity (Wildman–Crippen MR) is 114 cm³/mol. The van der Waals surface area contributed by atoms with Crippen molar-refractivity contribution in [3.63, 3.8) is 0 Å². The second kappa shape index (κ2) is 8.78. The first kappa shape index (κ1) is 20.3. The molecular formula is C23H22ClN3O3. The number of methoxy groups -OCH3 is 1. The molecule has 2 heterocycles. The zero-order chi connectivity index (χ0) is 21.1. The maximum atomic E-state index is 13.0. The Labute approximate surface area is 180 Å². The zero-order valence-corrected chi connectivity index (χ0v) is 17.4. The van der Waals surface area contributed by atoms with Crippen LogP contribution in [0.4, 0.5) is 0 Å². The van der Waals surface area contributed by atoms with Gasteiger partial charge in [-0.05, 0) is 42.0 Å². The van der Waals surface area contributed by atoms with E-state index in [2.05, 4.69) is 11.0 Å². The molecule has 6 nitrogen and oxygen atoms in total. The molecule has 1 amide bonds. The molecule has 2 aromatic rings. The molecule has 7 heteroatoms. The van der Waals surface area contributed by atoms with Crippen LogP contribution in [0.2, 0.25) is 5.02 Å². The Morgan fingerprint density at radius 3 is 2.57 bits per heavy atom. The molecule has 154 valence electrons. The van der Waals surface area contributed by atoms with Gasteiger partial charge < -0.3 is 14.4 Å². The average Bonchev–Trinajstić information content (AvgIpc) is 2.79. The number of benzene rings is 2. The third-order valence-corrected chi connectivity index (χ3v) is 5.71. The van der Waals surface area contributed by atoms with Crippen LogP contribution in [0.25, 0.3) is 6.08 Å². The highest BCUT2D eigenvalue weighted by molar-refractivity contribution is 6.30. The number of carbonyl (C=O) groups is 1. The van der Waals surface area contributed by atoms with E-state index in [1.165, 1.54) is 0 Å². The van der Waals surface area contributed by atoms with Gasteiger partial charge in [0.05, 0.1) is 18.8 Å². The van der Waals surface area contributed by atoms with Crippen molar-refractivity contribution in [2.45, 2.75) is 6.04 Å². The second-order valence-corrected chi connectivity index (χ2v) is 7.71. The minimum absolute atomic E-state index is 0.0294. The van der Waals surface area contributed by atoms with Gasteiger partial charge in [0.1, 0.15) is 24.1 Å². The van der Waals surface area contributed by atoms with Crippen molar-refractivity contribution in [2.75, 3.05) is 39.9 Å². The van der Waals surface area contributed by atoms with Crippen LogP contribution in [0, 0.1) is 11.3 Å². The molecule has 0 spiro atoms. The summed E-state index contributed by atoms with van der Waals surface area (Å²) in [5.74, 6) is 1.46. The van der Waals surface area contributed by atoms with Gasteiger partial charge in [-0.1, -0.05) is 23.7 Å². The highest BCUT2D eigenvalue weighted by Gasteiger charge is 2.29. The van der Waals surface area contributed by atoms with Gasteiger partial charge in [0.25, 0.3) is 5.91 Å². The summed E-state index contributed by atoms with van der Waals surface area (Å²) < 4.78 is 10.9. The van der Waals surface area contributed by atoms with Gasteiger partial charge in [0.15, 0.2) is 0 Å². The summed E-state index contributed by atoms with van der Waals surface area (Å²) in [7, 11) is 1.62. The van der Waals surface area contributed by atoms with Crippen LogP contribution >= 0.6 is 11.6 Å². The minimum atomic E-state index is -0.348. The Kier molecular flexibility index (Phi) is 5.93. The van der Waals surface area contributed by atoms with Crippen molar-refractivity contribution in [3.8, 4) is 17.6 Å². The van der Waals surface area contributed by atoms with Gasteiger partial charge in [0.2, 0.25) is 0 Å². The molecule has 2 aliphatic heterocycles. The summed E-state index contributed by atoms with van der Waals surface area (Å²) >= 11 is 6.06. The van der Waals surface area contributed by atoms with Crippen molar-refractivity contribution >= 4 is 23.6 Å². The Morgan fingerprint density at radius 1 is 1.17 bits per heavy atom. The van der Waals surface area contributed by atoms with E-state index >= 15 is 0 Å². The first-order valence-electron chi connectivity index (χ1n) is 9.79. The van der Waals surface area contributed by atoms with Crippen molar-refractivity contribution < 1.29 is 14.3 Å². The van der Waals surface area contributed by atoms with Crippen LogP contribution in [-0.2, 0) is 4.79 Å². The smallest absolute Gasteiger partial charge is 0.253 e. The largest absolute Gasteiger partial charge is 0.497 e. The molecule has 4 rings (SSSR count). The van der Waals surface area contributed by atoms with Crippen LogP contribution in [0.5, 0.6) is 11.5 Å². The topological polar surface area (TPSA) is 65.8 Å². The number of hydrogen-bond donors (Lipinski definition) is 0. The first-order chi connectivity index (χ1) is 14.6. The van der Waals surface area contributed by atoms with E-state index in [0.717, 1.165) is 22.6 Å². The number of carbonyl (C=O) groups excluding carboxylic acids is 1. The molecule has 0 saturated carbocycles. The highest BCUT2D eigenvalue weighted by atomic mass is 35.5. The molecular weight excluding hydrogens is 402 g/mol. The number of nitrogens with zero attached hydrogens (tertiary/aromatic N) is 3. The van der Waals surface area contributed by atoms with Gasteiger partial charge >= 0.3 is 0 Å². The standard InChI is InChI=1S/C23H22ClN3O3/c1-29-20-5-2-16(3-6-20)21(14-25)26-8-10-27(11-9-26)23(28)18-12-17-13-19(24)4-7-22(17)30-15-18/h2-7,12-13,21H,8-11,15H2,1H3. The fourth-order valence-electron chi connectivity index (χ4n) is 3.81. The summed E-state index contributed by atoms with van der Waals surface area (Å²) in [5, 5.41) is 10.3. The number of ether oxygens (including phenoxy) is 2. The van der Waals surface area contributed by atoms with Gasteiger partial charge in [0, 0.05) is 36.8 Å². The molecule has 0 aromatic heterocycles. The third kappa shape index (κ3) is 4.13. The van der Waals surface area contributed by atoms with Crippen molar-refractivity contribution in [3.05, 3.63) is 64.2 Å². The lowest BCUT2D eigenvalue weighted by molar-refractivity contribution is -0.129. The summed E-state index contributed by atoms with van der Waals surface area (Å²) in [5.41, 5.74) is 2.36. The van der Waals surface area contributed by atoms with E-state index in [1.807, 2.05) is 41.3 Å². The fourth-order valence-corrected chi connectivity index (χ4v) is 3.99. The van der Waals surface area contributed by atoms with Crippen molar-refractivity contribution in [2.24, 2.45) is 0 Å². The Bertz CT molecular complexity index is 1010. The Morgan fingerprint density at radius 2 is 1.90 bits per heavy atom. The molecule has 2 aromatic carbocycles. The third-order valence-electron chi connectivity index (χ3n) is 5.48. The SMILES string of the molecule is COc1ccc(C(C#N)N2CCN(C(=O)C3=Cc4cc(Cl)ccc4OC3)CC2)cc1. The summed E-state index contributed by atoms with van der Waals surface area (Å²) in [4.78, 5) is 16.9. The van der Waals surface area contributed by atoms with E-state index in [0.29, 0.717) is 36.8 Å². The second-order valence-electron chi connectivity index (χ2n) is 7.27. The fraction of sp³-hybridized carbons (Fsp3) is 0.304. The molecule has 2 aliphatic rings. The Balaban J connectivity index is 1.41. The van der Waals surface area contributed by atoms with Crippen LogP contribution in [0.3, 0.4) is 0 Å². The number of halogens is 1. The van der Waals surface area contributed by atoms with E-state index in [1.54, 1.807) is 19.2 Å². The van der Waals surface area contributed by atoms with E-state index in [4.69, 9.17) is 21.1 Å². The molecule has 1 unspecified atom stereocenters. The molecule has 1 saturated heterocycles. The normalized spacial score (nSPS) is 17.2. The predicted octanol–water partition coefficient (Wildman–Crippen LogP) is 3.53. The Hall–Kier alpha value is -3.01. The van der Waals surface area contributed by atoms with Crippen LogP contribution in [0.15, 0.2) is 48.0 Å². The number of hydrogen-bond acceptors (Lipinski definition) is 5. The molecule has 0 N–H and O–H groups in total. The molecule has 1 fully saturated rings. The molecule has 0 aliphatic carbocycles. The van der Waals surface area contributed by atoms with Gasteiger partial charge in [-0.3, -0.25) is 9.69 Å². The lowest BCUT2D eigenvalue weighted by atomic mass is 10.0. The zero-order valence-electron chi connectivity index (χ0n) is 16.7. The van der Waals surface area contributed by atoms with E-state index in [-0.39, 0.29) is 18.6 Å². The molecule has 1 atom stereocenters. The maximum absolute atomic E-state index is 13.0. The van der Waals surface area contributed by atoms with Crippen molar-refractivity contribution in [1.82, 2.24) is 9.80 Å². The summed E-state index contributed by atoms with van der Waals surface area (Å²) in [6.45, 7) is 2.64. The summed E-state index contributed by atoms with van der Waals surface area (Å²) in [6, 6.07) is 15.0. The number of fused-ring (bicyclic) bond motifs is 1. The summed E-state index contributed by atoms with van der Waals surface area (Å²) in [6.07, 6.45) is 1.86. The lowest BCUT2D eigenvalue weighted by Crippen LogP contribution is -2.50. The quantitative estimate of drug-likeness (QED) is 0.752. The molecule has 0 radical (unpaired) electrons. The molecule has 0 bridgehead atoms. The number of piperazine rings is 1. The molecule has 30 heavy (non-hydrogen) atoms.